The second-order valence-electron chi connectivity index (χ2n) is 8.58. The zero-order valence-corrected chi connectivity index (χ0v) is 19.4. The lowest BCUT2D eigenvalue weighted by molar-refractivity contribution is -0.143. The molecule has 0 aliphatic carbocycles. The van der Waals surface area contributed by atoms with Crippen LogP contribution in [0.3, 0.4) is 0 Å². The number of methoxy groups -OCH3 is 1. The molecule has 2 aromatic rings. The first kappa shape index (κ1) is 22.3. The van der Waals surface area contributed by atoms with Gasteiger partial charge in [-0.05, 0) is 47.0 Å². The second-order valence-corrected chi connectivity index (χ2v) is 9.58. The Bertz CT molecular complexity index is 873. The van der Waals surface area contributed by atoms with Gasteiger partial charge in [-0.3, -0.25) is 9.59 Å². The quantitative estimate of drug-likeness (QED) is 0.658. The largest absolute Gasteiger partial charge is 0.497 e. The van der Waals surface area contributed by atoms with Crippen LogP contribution in [0.2, 0.25) is 0 Å². The third-order valence-electron chi connectivity index (χ3n) is 5.44. The highest BCUT2D eigenvalue weighted by atomic mass is 32.1. The zero-order chi connectivity index (χ0) is 21.8. The fraction of sp³-hybridized carbons (Fsp3) is 0.500. The molecular weight excluding hydrogens is 396 g/mol. The summed E-state index contributed by atoms with van der Waals surface area (Å²) >= 11 is 1.75. The van der Waals surface area contributed by atoms with Gasteiger partial charge in [0.25, 0.3) is 0 Å². The standard InChI is InChI=1S/C24H32N2O3S/c1-16(2)14-25(24(28)17(3)4)15-22(27)26-12-10-21-20(11-13-30-21)23(26)18-6-8-19(29-5)9-7-18/h6-9,11,13,16-17,23H,10,12,14-15H2,1-5H3/t23-/m1/s1. The molecule has 0 N–H and O–H groups in total. The lowest BCUT2D eigenvalue weighted by Crippen LogP contribution is -2.48. The molecule has 6 heteroatoms. The van der Waals surface area contributed by atoms with Gasteiger partial charge in [-0.2, -0.15) is 0 Å². The van der Waals surface area contributed by atoms with Crippen molar-refractivity contribution in [1.29, 1.82) is 0 Å². The van der Waals surface area contributed by atoms with Crippen LogP contribution >= 0.6 is 11.3 Å². The minimum absolute atomic E-state index is 0.00215. The second kappa shape index (κ2) is 9.65. The number of fused-ring (bicyclic) bond motifs is 1. The summed E-state index contributed by atoms with van der Waals surface area (Å²) in [5, 5.41) is 2.10. The number of nitrogens with zero attached hydrogens (tertiary/aromatic N) is 2. The van der Waals surface area contributed by atoms with E-state index >= 15 is 0 Å². The van der Waals surface area contributed by atoms with Gasteiger partial charge in [-0.25, -0.2) is 0 Å². The van der Waals surface area contributed by atoms with E-state index in [1.165, 1.54) is 10.4 Å². The molecule has 30 heavy (non-hydrogen) atoms. The van der Waals surface area contributed by atoms with Gasteiger partial charge in [0, 0.05) is 23.9 Å². The number of hydrogen-bond donors (Lipinski definition) is 0. The minimum Gasteiger partial charge on any atom is -0.497 e. The topological polar surface area (TPSA) is 49.9 Å². The van der Waals surface area contributed by atoms with Crippen molar-refractivity contribution < 1.29 is 14.3 Å². The first-order chi connectivity index (χ1) is 14.3. The monoisotopic (exact) mass is 428 g/mol. The van der Waals surface area contributed by atoms with E-state index in [2.05, 4.69) is 25.3 Å². The molecule has 0 radical (unpaired) electrons. The van der Waals surface area contributed by atoms with Crippen molar-refractivity contribution in [3.8, 4) is 5.75 Å². The van der Waals surface area contributed by atoms with Crippen molar-refractivity contribution in [3.63, 3.8) is 0 Å². The van der Waals surface area contributed by atoms with Crippen LogP contribution in [0.5, 0.6) is 5.75 Å². The van der Waals surface area contributed by atoms with Crippen LogP contribution < -0.4 is 4.74 Å². The molecule has 1 aliphatic rings. The van der Waals surface area contributed by atoms with E-state index in [9.17, 15) is 9.59 Å². The molecule has 5 nitrogen and oxygen atoms in total. The molecule has 0 spiro atoms. The molecule has 162 valence electrons. The van der Waals surface area contributed by atoms with Gasteiger partial charge in [-0.1, -0.05) is 39.8 Å². The third kappa shape index (κ3) is 4.86. The fourth-order valence-electron chi connectivity index (χ4n) is 4.02. The van der Waals surface area contributed by atoms with Crippen LogP contribution in [0, 0.1) is 11.8 Å². The zero-order valence-electron chi connectivity index (χ0n) is 18.6. The maximum Gasteiger partial charge on any atom is 0.242 e. The summed E-state index contributed by atoms with van der Waals surface area (Å²) in [6, 6.07) is 9.93. The Kier molecular flexibility index (Phi) is 7.19. The van der Waals surface area contributed by atoms with Crippen molar-refractivity contribution in [2.45, 2.75) is 40.2 Å². The molecule has 2 amide bonds. The lowest BCUT2D eigenvalue weighted by Gasteiger charge is -2.38. The Balaban J connectivity index is 1.89. The minimum atomic E-state index is -0.131. The number of carbonyl (C=O) groups is 2. The van der Waals surface area contributed by atoms with Gasteiger partial charge >= 0.3 is 0 Å². The van der Waals surface area contributed by atoms with Gasteiger partial charge in [0.05, 0.1) is 19.7 Å². The SMILES string of the molecule is COc1ccc([C@@H]2c3ccsc3CCN2C(=O)CN(CC(C)C)C(=O)C(C)C)cc1. The predicted molar refractivity (Wildman–Crippen MR) is 121 cm³/mol. The van der Waals surface area contributed by atoms with Crippen molar-refractivity contribution in [2.75, 3.05) is 26.7 Å². The molecule has 0 saturated heterocycles. The molecule has 1 atom stereocenters. The molecule has 1 aliphatic heterocycles. The van der Waals surface area contributed by atoms with E-state index in [0.29, 0.717) is 19.0 Å². The number of hydrogen-bond acceptors (Lipinski definition) is 4. The van der Waals surface area contributed by atoms with Crippen molar-refractivity contribution in [1.82, 2.24) is 9.80 Å². The number of rotatable bonds is 7. The van der Waals surface area contributed by atoms with Crippen LogP contribution in [-0.2, 0) is 16.0 Å². The van der Waals surface area contributed by atoms with E-state index < -0.39 is 0 Å². The first-order valence-corrected chi connectivity index (χ1v) is 11.5. The lowest BCUT2D eigenvalue weighted by atomic mass is 9.93. The molecular formula is C24H32N2O3S. The van der Waals surface area contributed by atoms with Gasteiger partial charge in [0.1, 0.15) is 5.75 Å². The Hall–Kier alpha value is -2.34. The van der Waals surface area contributed by atoms with E-state index in [-0.39, 0.29) is 30.3 Å². The molecule has 1 aromatic heterocycles. The normalized spacial score (nSPS) is 16.0. The summed E-state index contributed by atoms with van der Waals surface area (Å²) in [6.07, 6.45) is 0.855. The van der Waals surface area contributed by atoms with Crippen molar-refractivity contribution in [3.05, 3.63) is 51.7 Å². The summed E-state index contributed by atoms with van der Waals surface area (Å²) in [4.78, 5) is 31.2. The van der Waals surface area contributed by atoms with Crippen LogP contribution in [0.4, 0.5) is 0 Å². The molecule has 0 saturated carbocycles. The fourth-order valence-corrected chi connectivity index (χ4v) is 4.93. The maximum atomic E-state index is 13.5. The molecule has 0 unspecified atom stereocenters. The molecule has 3 rings (SSSR count). The smallest absolute Gasteiger partial charge is 0.242 e. The van der Waals surface area contributed by atoms with Crippen molar-refractivity contribution >= 4 is 23.2 Å². The highest BCUT2D eigenvalue weighted by Crippen LogP contribution is 2.38. The predicted octanol–water partition coefficient (Wildman–Crippen LogP) is 4.37. The van der Waals surface area contributed by atoms with Gasteiger partial charge in [0.2, 0.25) is 11.8 Å². The Morgan fingerprint density at radius 3 is 2.47 bits per heavy atom. The van der Waals surface area contributed by atoms with Gasteiger partial charge in [0.15, 0.2) is 0 Å². The van der Waals surface area contributed by atoms with E-state index in [1.54, 1.807) is 23.3 Å². The average molecular weight is 429 g/mol. The summed E-state index contributed by atoms with van der Waals surface area (Å²) in [5.41, 5.74) is 2.25. The summed E-state index contributed by atoms with van der Waals surface area (Å²) in [7, 11) is 1.65. The highest BCUT2D eigenvalue weighted by Gasteiger charge is 2.34. The van der Waals surface area contributed by atoms with Crippen LogP contribution in [0.25, 0.3) is 0 Å². The van der Waals surface area contributed by atoms with Gasteiger partial charge < -0.3 is 14.5 Å². The number of ether oxygens (including phenoxy) is 1. The Morgan fingerprint density at radius 2 is 1.87 bits per heavy atom. The van der Waals surface area contributed by atoms with Crippen molar-refractivity contribution in [2.24, 2.45) is 11.8 Å². The number of amides is 2. The molecule has 0 fully saturated rings. The summed E-state index contributed by atoms with van der Waals surface area (Å²) in [6.45, 7) is 9.30. The maximum absolute atomic E-state index is 13.5. The van der Waals surface area contributed by atoms with Crippen LogP contribution in [0.15, 0.2) is 35.7 Å². The van der Waals surface area contributed by atoms with Crippen LogP contribution in [0.1, 0.15) is 49.7 Å². The molecule has 2 heterocycles. The molecule has 1 aromatic carbocycles. The highest BCUT2D eigenvalue weighted by molar-refractivity contribution is 7.10. The van der Waals surface area contributed by atoms with E-state index in [4.69, 9.17) is 4.74 Å². The van der Waals surface area contributed by atoms with E-state index in [1.807, 2.05) is 43.0 Å². The van der Waals surface area contributed by atoms with Gasteiger partial charge in [-0.15, -0.1) is 11.3 Å². The summed E-state index contributed by atoms with van der Waals surface area (Å²) in [5.74, 6) is 1.01. The Morgan fingerprint density at radius 1 is 1.17 bits per heavy atom. The number of benzene rings is 1. The first-order valence-electron chi connectivity index (χ1n) is 10.6. The average Bonchev–Trinajstić information content (AvgIpc) is 3.20. The molecule has 0 bridgehead atoms. The number of thiophene rings is 1. The Labute approximate surface area is 183 Å². The van der Waals surface area contributed by atoms with Crippen LogP contribution in [-0.4, -0.2) is 48.4 Å². The summed E-state index contributed by atoms with van der Waals surface area (Å²) < 4.78 is 5.30. The third-order valence-corrected chi connectivity index (χ3v) is 6.43. The number of carbonyl (C=O) groups excluding carboxylic acids is 2. The van der Waals surface area contributed by atoms with E-state index in [0.717, 1.165) is 17.7 Å².